The van der Waals surface area contributed by atoms with Crippen LogP contribution in [-0.2, 0) is 6.42 Å². The van der Waals surface area contributed by atoms with Gasteiger partial charge in [0.15, 0.2) is 0 Å². The average Bonchev–Trinajstić information content (AvgIpc) is 2.17. The number of nitrogens with zero attached hydrogens (tertiary/aromatic N) is 2. The number of hydrogen-bond acceptors (Lipinski definition) is 2. The Morgan fingerprint density at radius 3 is 2.50 bits per heavy atom. The summed E-state index contributed by atoms with van der Waals surface area (Å²) in [6.45, 7) is 7.59. The zero-order chi connectivity index (χ0) is 10.6. The molecule has 1 rings (SSSR count). The molecule has 0 saturated heterocycles. The maximum atomic E-state index is 4.45. The van der Waals surface area contributed by atoms with E-state index in [1.54, 1.807) is 0 Å². The van der Waals surface area contributed by atoms with Crippen LogP contribution in [-0.4, -0.2) is 18.6 Å². The summed E-state index contributed by atoms with van der Waals surface area (Å²) >= 11 is 0. The van der Waals surface area contributed by atoms with Gasteiger partial charge in [0.25, 0.3) is 0 Å². The van der Waals surface area contributed by atoms with Crippen LogP contribution in [0.4, 0.5) is 5.69 Å². The summed E-state index contributed by atoms with van der Waals surface area (Å²) in [6.07, 6.45) is 3.03. The highest BCUT2D eigenvalue weighted by molar-refractivity contribution is 5.43. The second-order valence-electron chi connectivity index (χ2n) is 4.12. The molecule has 0 aliphatic carbocycles. The van der Waals surface area contributed by atoms with Crippen LogP contribution in [0.5, 0.6) is 0 Å². The largest absolute Gasteiger partial charge is 0.374 e. The summed E-state index contributed by atoms with van der Waals surface area (Å²) in [4.78, 5) is 6.63. The van der Waals surface area contributed by atoms with E-state index in [2.05, 4.69) is 49.8 Å². The summed E-state index contributed by atoms with van der Waals surface area (Å²) in [6, 6.07) is 4.27. The smallest absolute Gasteiger partial charge is 0.0550 e. The SMILES string of the molecule is CCN(C)c1ccc(CC(C)C)nc1. The first-order chi connectivity index (χ1) is 6.63. The minimum atomic E-state index is 0.678. The van der Waals surface area contributed by atoms with Crippen molar-refractivity contribution >= 4 is 5.69 Å². The van der Waals surface area contributed by atoms with Gasteiger partial charge in [0.05, 0.1) is 11.9 Å². The Balaban J connectivity index is 2.68. The normalized spacial score (nSPS) is 10.6. The Bertz CT molecular complexity index is 264. The highest BCUT2D eigenvalue weighted by Gasteiger charge is 2.01. The quantitative estimate of drug-likeness (QED) is 0.729. The van der Waals surface area contributed by atoms with Gasteiger partial charge >= 0.3 is 0 Å². The Morgan fingerprint density at radius 2 is 2.07 bits per heavy atom. The van der Waals surface area contributed by atoms with Crippen molar-refractivity contribution in [2.45, 2.75) is 27.2 Å². The molecule has 0 aromatic carbocycles. The molecule has 78 valence electrons. The molecule has 2 nitrogen and oxygen atoms in total. The first-order valence-electron chi connectivity index (χ1n) is 5.29. The maximum Gasteiger partial charge on any atom is 0.0550 e. The van der Waals surface area contributed by atoms with E-state index in [9.17, 15) is 0 Å². The Morgan fingerprint density at radius 1 is 1.36 bits per heavy atom. The Kier molecular flexibility index (Phi) is 3.93. The molecule has 0 atom stereocenters. The molecule has 0 unspecified atom stereocenters. The number of anilines is 1. The van der Waals surface area contributed by atoms with E-state index in [1.807, 2.05) is 6.20 Å². The molecule has 0 fully saturated rings. The summed E-state index contributed by atoms with van der Waals surface area (Å²) in [5, 5.41) is 0. The monoisotopic (exact) mass is 192 g/mol. The van der Waals surface area contributed by atoms with Gasteiger partial charge < -0.3 is 4.90 Å². The number of pyridine rings is 1. The third-order valence-electron chi connectivity index (χ3n) is 2.34. The third kappa shape index (κ3) is 3.02. The van der Waals surface area contributed by atoms with Gasteiger partial charge in [0, 0.05) is 19.3 Å². The lowest BCUT2D eigenvalue weighted by molar-refractivity contribution is 0.635. The minimum Gasteiger partial charge on any atom is -0.374 e. The zero-order valence-electron chi connectivity index (χ0n) is 9.62. The highest BCUT2D eigenvalue weighted by Crippen LogP contribution is 2.12. The molecular weight excluding hydrogens is 172 g/mol. The van der Waals surface area contributed by atoms with Gasteiger partial charge in [-0.15, -0.1) is 0 Å². The Hall–Kier alpha value is -1.05. The van der Waals surface area contributed by atoms with Crippen molar-refractivity contribution in [3.63, 3.8) is 0 Å². The van der Waals surface area contributed by atoms with Crippen LogP contribution < -0.4 is 4.90 Å². The molecule has 14 heavy (non-hydrogen) atoms. The van der Waals surface area contributed by atoms with Crippen molar-refractivity contribution in [3.8, 4) is 0 Å². The van der Waals surface area contributed by atoms with Gasteiger partial charge in [0.1, 0.15) is 0 Å². The second-order valence-corrected chi connectivity index (χ2v) is 4.12. The summed E-state index contributed by atoms with van der Waals surface area (Å²) < 4.78 is 0. The number of hydrogen-bond donors (Lipinski definition) is 0. The second kappa shape index (κ2) is 4.99. The van der Waals surface area contributed by atoms with Gasteiger partial charge in [-0.3, -0.25) is 4.98 Å². The Labute approximate surface area is 87.0 Å². The van der Waals surface area contributed by atoms with Crippen molar-refractivity contribution in [1.82, 2.24) is 4.98 Å². The molecule has 0 radical (unpaired) electrons. The fraction of sp³-hybridized carbons (Fsp3) is 0.583. The maximum absolute atomic E-state index is 4.45. The topological polar surface area (TPSA) is 16.1 Å². The van der Waals surface area contributed by atoms with Crippen molar-refractivity contribution in [1.29, 1.82) is 0 Å². The van der Waals surface area contributed by atoms with Gasteiger partial charge in [-0.1, -0.05) is 13.8 Å². The first-order valence-corrected chi connectivity index (χ1v) is 5.29. The average molecular weight is 192 g/mol. The molecule has 2 heteroatoms. The predicted octanol–water partition coefficient (Wildman–Crippen LogP) is 2.74. The fourth-order valence-corrected chi connectivity index (χ4v) is 1.36. The molecule has 0 saturated carbocycles. The lowest BCUT2D eigenvalue weighted by atomic mass is 10.1. The van der Waals surface area contributed by atoms with Gasteiger partial charge in [0.2, 0.25) is 0 Å². The van der Waals surface area contributed by atoms with E-state index in [1.165, 1.54) is 11.4 Å². The molecule has 0 aliphatic heterocycles. The summed E-state index contributed by atoms with van der Waals surface area (Å²) in [7, 11) is 2.08. The molecule has 0 N–H and O–H groups in total. The van der Waals surface area contributed by atoms with Crippen LogP contribution in [0.3, 0.4) is 0 Å². The van der Waals surface area contributed by atoms with E-state index in [-0.39, 0.29) is 0 Å². The molecule has 1 aromatic rings. The van der Waals surface area contributed by atoms with Crippen LogP contribution in [0, 0.1) is 5.92 Å². The number of aromatic nitrogens is 1. The van der Waals surface area contributed by atoms with Crippen LogP contribution in [0.25, 0.3) is 0 Å². The van der Waals surface area contributed by atoms with Crippen LogP contribution in [0.15, 0.2) is 18.3 Å². The molecule has 1 heterocycles. The molecule has 0 spiro atoms. The van der Waals surface area contributed by atoms with Gasteiger partial charge in [-0.05, 0) is 31.4 Å². The third-order valence-corrected chi connectivity index (χ3v) is 2.34. The molecule has 1 aromatic heterocycles. The van der Waals surface area contributed by atoms with Crippen molar-refractivity contribution in [2.75, 3.05) is 18.5 Å². The van der Waals surface area contributed by atoms with E-state index in [0.29, 0.717) is 5.92 Å². The first kappa shape index (κ1) is 11.0. The lowest BCUT2D eigenvalue weighted by Crippen LogP contribution is -2.15. The lowest BCUT2D eigenvalue weighted by Gasteiger charge is -2.16. The van der Waals surface area contributed by atoms with E-state index >= 15 is 0 Å². The molecule has 0 bridgehead atoms. The summed E-state index contributed by atoms with van der Waals surface area (Å²) in [5.74, 6) is 0.678. The van der Waals surface area contributed by atoms with E-state index in [4.69, 9.17) is 0 Å². The minimum absolute atomic E-state index is 0.678. The standard InChI is InChI=1S/C12H20N2/c1-5-14(4)12-7-6-11(13-9-12)8-10(2)3/h6-7,9-10H,5,8H2,1-4H3. The van der Waals surface area contributed by atoms with Crippen molar-refractivity contribution in [2.24, 2.45) is 5.92 Å². The molecular formula is C12H20N2. The highest BCUT2D eigenvalue weighted by atomic mass is 15.1. The van der Waals surface area contributed by atoms with E-state index < -0.39 is 0 Å². The van der Waals surface area contributed by atoms with Crippen LogP contribution >= 0.6 is 0 Å². The van der Waals surface area contributed by atoms with Gasteiger partial charge in [-0.25, -0.2) is 0 Å². The fourth-order valence-electron chi connectivity index (χ4n) is 1.36. The van der Waals surface area contributed by atoms with Gasteiger partial charge in [-0.2, -0.15) is 0 Å². The molecule has 0 aliphatic rings. The van der Waals surface area contributed by atoms with Crippen LogP contribution in [0.2, 0.25) is 0 Å². The van der Waals surface area contributed by atoms with Crippen molar-refractivity contribution in [3.05, 3.63) is 24.0 Å². The van der Waals surface area contributed by atoms with Crippen LogP contribution in [0.1, 0.15) is 26.5 Å². The number of rotatable bonds is 4. The summed E-state index contributed by atoms with van der Waals surface area (Å²) in [5.41, 5.74) is 2.38. The zero-order valence-corrected chi connectivity index (χ0v) is 9.62. The van der Waals surface area contributed by atoms with E-state index in [0.717, 1.165) is 13.0 Å². The molecule has 0 amide bonds. The predicted molar refractivity (Wildman–Crippen MR) is 61.7 cm³/mol. The van der Waals surface area contributed by atoms with Crippen molar-refractivity contribution < 1.29 is 0 Å².